The van der Waals surface area contributed by atoms with Crippen molar-refractivity contribution in [3.8, 4) is 0 Å². The Kier molecular flexibility index (Phi) is 16.9. The second kappa shape index (κ2) is 25.9. The van der Waals surface area contributed by atoms with Gasteiger partial charge in [-0.05, 0) is 106 Å². The number of allylic oxidation sites excluding steroid dienone is 4. The number of esters is 2. The van der Waals surface area contributed by atoms with E-state index in [0.29, 0.717) is 70.7 Å². The molecule has 94 heavy (non-hydrogen) atoms. The summed E-state index contributed by atoms with van der Waals surface area (Å²) in [4.78, 5) is 107. The number of hydrogen-bond donors (Lipinski definition) is 2. The molecule has 8 aromatic rings. The molecule has 2 saturated heterocycles. The van der Waals surface area contributed by atoms with Crippen LogP contribution in [0.25, 0.3) is 11.1 Å². The van der Waals surface area contributed by atoms with E-state index >= 15 is 0 Å². The minimum absolute atomic E-state index is 0.0891. The number of rotatable bonds is 23. The highest BCUT2D eigenvalue weighted by atomic mass is 16.5. The summed E-state index contributed by atoms with van der Waals surface area (Å²) in [6, 6.07) is 60.1. The summed E-state index contributed by atoms with van der Waals surface area (Å²) < 4.78 is 11.3. The average molecular weight is 1250 g/mol. The van der Waals surface area contributed by atoms with Gasteiger partial charge >= 0.3 is 11.9 Å². The molecule has 4 fully saturated rings. The van der Waals surface area contributed by atoms with Crippen LogP contribution in [0.1, 0.15) is 83.6 Å². The molecule has 2 unspecified atom stereocenters. The van der Waals surface area contributed by atoms with E-state index in [-0.39, 0.29) is 51.0 Å². The van der Waals surface area contributed by atoms with Gasteiger partial charge in [0.1, 0.15) is 13.2 Å². The van der Waals surface area contributed by atoms with Crippen LogP contribution in [0.2, 0.25) is 0 Å². The molecule has 14 rings (SSSR count). The SMILES string of the molecule is O=C(CCCCCCC(=O)OCCN1C(=O)[C@H]2[C@H]3C(C(O)(c4ccccc4)c4ccccn4)=C[C@H](C3=C(c3ccccc3)c3ccccn3)[C@H]2C1=O)OCCN1C(=O)[C@@H]2[C@@H]3C(C(O)(c4ccccc4)c4ccccn4)=C[C@@H](C3=C(c3ccccc3)c3ccccn3)[C@@H]2C1=O. The Hall–Kier alpha value is -10.4. The van der Waals surface area contributed by atoms with Crippen LogP contribution in [0.3, 0.4) is 0 Å². The van der Waals surface area contributed by atoms with Gasteiger partial charge in [-0.15, -0.1) is 0 Å². The largest absolute Gasteiger partial charge is 0.464 e. The van der Waals surface area contributed by atoms with Gasteiger partial charge in [-0.1, -0.05) is 171 Å². The lowest BCUT2D eigenvalue weighted by Crippen LogP contribution is -2.39. The minimum atomic E-state index is -1.77. The Labute approximate surface area is 544 Å². The second-order valence-electron chi connectivity index (χ2n) is 24.8. The normalized spacial score (nSPS) is 23.9. The monoisotopic (exact) mass is 1250 g/mol. The topological polar surface area (TPSA) is 219 Å². The Morgan fingerprint density at radius 3 is 1.10 bits per heavy atom. The van der Waals surface area contributed by atoms with E-state index in [2.05, 4.69) is 9.97 Å². The zero-order valence-electron chi connectivity index (χ0n) is 51.5. The highest BCUT2D eigenvalue weighted by Gasteiger charge is 2.68. The first-order valence-corrected chi connectivity index (χ1v) is 32.2. The molecule has 0 spiro atoms. The zero-order valence-corrected chi connectivity index (χ0v) is 51.5. The number of aliphatic hydroxyl groups is 2. The number of carbonyl (C=O) groups excluding carboxylic acids is 6. The van der Waals surface area contributed by atoms with Crippen molar-refractivity contribution >= 4 is 46.7 Å². The molecule has 470 valence electrons. The van der Waals surface area contributed by atoms with Gasteiger partial charge in [-0.3, -0.25) is 58.5 Å². The highest BCUT2D eigenvalue weighted by molar-refractivity contribution is 6.09. The third-order valence-electron chi connectivity index (χ3n) is 19.7. The molecule has 4 aliphatic carbocycles. The lowest BCUT2D eigenvalue weighted by Gasteiger charge is -2.36. The third-order valence-corrected chi connectivity index (χ3v) is 19.7. The number of likely N-dealkylation sites (tertiary alicyclic amines) is 2. The fourth-order valence-electron chi connectivity index (χ4n) is 15.8. The standard InChI is InChI=1S/C78H68N6O10/c85-61(93-45-43-83-73(87)67-53-47-55(77(91,51-29-11-5-12-30-51)59-35-19-23-41-81-59)69(71(67)75(83)89)65(53)63(49-25-7-3-8-26-49)57-33-17-21-39-79-57)37-15-1-2-16-38-62(86)94-46-44-84-74(88)68-54-48-56(78(92,52-31-13-6-14-32-52)60-36-20-24-42-82-60)70(72(68)76(84)90)66(54)64(50-27-9-4-10-28-50)58-34-18-22-40-80-58/h3-14,17-36,39-42,47-48,53-54,67-72,91-92H,1-2,15-16,37-38,43-46H2/t53-,54+,67-,68+,69+,70-,71-,72+,77?,78?. The number of pyridine rings is 4. The molecule has 16 nitrogen and oxygen atoms in total. The van der Waals surface area contributed by atoms with Gasteiger partial charge in [-0.25, -0.2) is 0 Å². The van der Waals surface area contributed by atoms with Crippen LogP contribution in [-0.4, -0.2) is 102 Å². The van der Waals surface area contributed by atoms with E-state index in [1.807, 2.05) is 182 Å². The lowest BCUT2D eigenvalue weighted by atomic mass is 9.71. The van der Waals surface area contributed by atoms with Gasteiger partial charge in [-0.2, -0.15) is 0 Å². The molecule has 4 bridgehead atoms. The second-order valence-corrected chi connectivity index (χ2v) is 24.8. The highest BCUT2D eigenvalue weighted by Crippen LogP contribution is 2.66. The Morgan fingerprint density at radius 2 is 0.745 bits per heavy atom. The van der Waals surface area contributed by atoms with Crippen LogP contribution in [-0.2, 0) is 49.4 Å². The summed E-state index contributed by atoms with van der Waals surface area (Å²) in [7, 11) is 0. The van der Waals surface area contributed by atoms with Crippen LogP contribution in [0, 0.1) is 47.3 Å². The maximum absolute atomic E-state index is 14.9. The van der Waals surface area contributed by atoms with Crippen molar-refractivity contribution < 1.29 is 48.5 Å². The number of carbonyl (C=O) groups is 6. The molecule has 4 aromatic carbocycles. The molecular formula is C78H68N6O10. The van der Waals surface area contributed by atoms with Crippen molar-refractivity contribution in [3.05, 3.63) is 298 Å². The van der Waals surface area contributed by atoms with Crippen LogP contribution >= 0.6 is 0 Å². The number of aromatic nitrogens is 4. The van der Waals surface area contributed by atoms with Crippen LogP contribution in [0.15, 0.2) is 253 Å². The Morgan fingerprint density at radius 1 is 0.404 bits per heavy atom. The van der Waals surface area contributed by atoms with E-state index in [0.717, 1.165) is 33.4 Å². The first-order chi connectivity index (χ1) is 46.0. The predicted octanol–water partition coefficient (Wildman–Crippen LogP) is 10.4. The predicted molar refractivity (Wildman–Crippen MR) is 348 cm³/mol. The van der Waals surface area contributed by atoms with Gasteiger partial charge in [0, 0.05) is 72.4 Å². The summed E-state index contributed by atoms with van der Waals surface area (Å²) in [5.74, 6) is -8.36. The van der Waals surface area contributed by atoms with Gasteiger partial charge in [0.05, 0.1) is 59.5 Å². The number of benzene rings is 4. The summed E-state index contributed by atoms with van der Waals surface area (Å²) >= 11 is 0. The van der Waals surface area contributed by atoms with Crippen LogP contribution in [0.5, 0.6) is 0 Å². The smallest absolute Gasteiger partial charge is 0.305 e. The summed E-state index contributed by atoms with van der Waals surface area (Å²) in [5, 5.41) is 26.5. The Balaban J connectivity index is 0.589. The van der Waals surface area contributed by atoms with Gasteiger partial charge in [0.15, 0.2) is 11.2 Å². The van der Waals surface area contributed by atoms with Crippen molar-refractivity contribution in [3.63, 3.8) is 0 Å². The van der Waals surface area contributed by atoms with E-state index < -0.39 is 82.3 Å². The average Bonchev–Trinajstić information content (AvgIpc) is 1.52. The molecule has 2 aliphatic heterocycles. The fraction of sp³-hybridized carbons (Fsp3) is 0.256. The van der Waals surface area contributed by atoms with Gasteiger partial charge < -0.3 is 19.7 Å². The summed E-state index contributed by atoms with van der Waals surface area (Å²) in [6.45, 7) is -0.645. The number of fused-ring (bicyclic) bond motifs is 10. The van der Waals surface area contributed by atoms with E-state index in [9.17, 15) is 39.0 Å². The molecule has 6 heterocycles. The molecule has 10 atom stereocenters. The number of amides is 4. The number of nitrogens with zero attached hydrogens (tertiary/aromatic N) is 6. The molecule has 16 heteroatoms. The molecule has 4 aromatic heterocycles. The zero-order chi connectivity index (χ0) is 64.5. The van der Waals surface area contributed by atoms with E-state index in [1.165, 1.54) is 9.80 Å². The van der Waals surface area contributed by atoms with Crippen LogP contribution in [0.4, 0.5) is 0 Å². The number of ether oxygens (including phenoxy) is 2. The van der Waals surface area contributed by atoms with Crippen molar-refractivity contribution in [1.29, 1.82) is 0 Å². The molecule has 2 saturated carbocycles. The van der Waals surface area contributed by atoms with Gasteiger partial charge in [0.25, 0.3) is 0 Å². The minimum Gasteiger partial charge on any atom is -0.464 e. The first kappa shape index (κ1) is 61.1. The van der Waals surface area contributed by atoms with E-state index in [4.69, 9.17) is 19.4 Å². The molecule has 0 radical (unpaired) electrons. The first-order valence-electron chi connectivity index (χ1n) is 32.2. The number of unbranched alkanes of at least 4 members (excludes halogenated alkanes) is 3. The molecule has 2 N–H and O–H groups in total. The van der Waals surface area contributed by atoms with Crippen molar-refractivity contribution in [1.82, 2.24) is 29.7 Å². The maximum Gasteiger partial charge on any atom is 0.305 e. The lowest BCUT2D eigenvalue weighted by molar-refractivity contribution is -0.149. The van der Waals surface area contributed by atoms with E-state index in [1.54, 1.807) is 49.1 Å². The molecule has 4 amide bonds. The molecule has 6 aliphatic rings. The number of imide groups is 2. The van der Waals surface area contributed by atoms with Crippen molar-refractivity contribution in [2.45, 2.75) is 49.7 Å². The Bertz CT molecular complexity index is 3870. The van der Waals surface area contributed by atoms with Gasteiger partial charge in [0.2, 0.25) is 23.6 Å². The summed E-state index contributed by atoms with van der Waals surface area (Å²) in [5.41, 5.74) is 5.81. The van der Waals surface area contributed by atoms with Crippen LogP contribution < -0.4 is 0 Å². The van der Waals surface area contributed by atoms with Crippen molar-refractivity contribution in [2.24, 2.45) is 47.3 Å². The quantitative estimate of drug-likeness (QED) is 0.0263. The molecular weight excluding hydrogens is 1180 g/mol. The summed E-state index contributed by atoms with van der Waals surface area (Å²) in [6.07, 6.45) is 13.0. The third kappa shape index (κ3) is 10.7. The maximum atomic E-state index is 14.9. The van der Waals surface area contributed by atoms with Crippen molar-refractivity contribution in [2.75, 3.05) is 26.3 Å². The number of hydrogen-bond acceptors (Lipinski definition) is 14. The fourth-order valence-corrected chi connectivity index (χ4v) is 15.8.